The Hall–Kier alpha value is -5.66. The fourth-order valence-electron chi connectivity index (χ4n) is 6.64. The number of hydrogen-bond acceptors (Lipinski definition) is 12. The first-order valence-electron chi connectivity index (χ1n) is 19.0. The van der Waals surface area contributed by atoms with Crippen molar-refractivity contribution in [1.82, 2.24) is 29.8 Å². The molecule has 60 heavy (non-hydrogen) atoms. The van der Waals surface area contributed by atoms with E-state index >= 15 is 0 Å². The third kappa shape index (κ3) is 10.7. The van der Waals surface area contributed by atoms with Crippen molar-refractivity contribution in [2.45, 2.75) is 123 Å². The number of aliphatic hydroxyl groups excluding tert-OH is 1. The first-order valence-corrected chi connectivity index (χ1v) is 19.0. The summed E-state index contributed by atoms with van der Waals surface area (Å²) in [5.74, 6) is -1.17. The van der Waals surface area contributed by atoms with Gasteiger partial charge in [-0.05, 0) is 105 Å². The van der Waals surface area contributed by atoms with Crippen LogP contribution in [0.3, 0.4) is 0 Å². The second kappa shape index (κ2) is 17.1. The van der Waals surface area contributed by atoms with E-state index in [0.29, 0.717) is 16.5 Å². The van der Waals surface area contributed by atoms with Crippen molar-refractivity contribution in [2.75, 3.05) is 22.9 Å². The molecule has 1 aromatic carbocycles. The fraction of sp³-hybridized carbons (Fsp3) is 0.525. The van der Waals surface area contributed by atoms with Crippen LogP contribution in [0.4, 0.5) is 47.8 Å². The maximum absolute atomic E-state index is 14.3. The normalized spacial score (nSPS) is 16.9. The van der Waals surface area contributed by atoms with E-state index in [-0.39, 0.29) is 66.4 Å². The summed E-state index contributed by atoms with van der Waals surface area (Å²) in [6.45, 7) is 14.1. The maximum atomic E-state index is 14.3. The van der Waals surface area contributed by atoms with Gasteiger partial charge in [0.1, 0.15) is 35.1 Å². The van der Waals surface area contributed by atoms with Crippen molar-refractivity contribution in [2.24, 2.45) is 0 Å². The zero-order valence-corrected chi connectivity index (χ0v) is 34.7. The van der Waals surface area contributed by atoms with E-state index in [1.165, 1.54) is 23.2 Å². The lowest BCUT2D eigenvalue weighted by molar-refractivity contribution is -0.0664. The summed E-state index contributed by atoms with van der Waals surface area (Å²) in [4.78, 5) is 59.7. The van der Waals surface area contributed by atoms with E-state index in [1.807, 2.05) is 0 Å². The average Bonchev–Trinajstić information content (AvgIpc) is 3.52. The van der Waals surface area contributed by atoms with Crippen molar-refractivity contribution in [3.05, 3.63) is 60.1 Å². The van der Waals surface area contributed by atoms with Gasteiger partial charge in [-0.25, -0.2) is 51.3 Å². The molecule has 15 nitrogen and oxygen atoms in total. The van der Waals surface area contributed by atoms with Crippen LogP contribution in [-0.4, -0.2) is 95.9 Å². The number of benzene rings is 1. The number of aromatic nitrogens is 5. The number of rotatable bonds is 9. The molecule has 3 amide bonds. The minimum Gasteiger partial charge on any atom is -0.444 e. The van der Waals surface area contributed by atoms with Crippen molar-refractivity contribution in [3.63, 3.8) is 0 Å². The fourth-order valence-corrected chi connectivity index (χ4v) is 6.64. The number of alkyl carbamates (subject to hydrolysis) is 1. The molecule has 0 aliphatic carbocycles. The Morgan fingerprint density at radius 3 is 2.12 bits per heavy atom. The van der Waals surface area contributed by atoms with E-state index in [9.17, 15) is 41.4 Å². The Morgan fingerprint density at radius 1 is 0.900 bits per heavy atom. The van der Waals surface area contributed by atoms with Gasteiger partial charge in [-0.3, -0.25) is 4.98 Å². The predicted molar refractivity (Wildman–Crippen MR) is 210 cm³/mol. The number of anilines is 2. The van der Waals surface area contributed by atoms with Gasteiger partial charge in [-0.1, -0.05) is 0 Å². The lowest BCUT2D eigenvalue weighted by Crippen LogP contribution is -2.67. The molecule has 326 valence electrons. The number of imide groups is 1. The van der Waals surface area contributed by atoms with Crippen LogP contribution in [0.2, 0.25) is 0 Å². The number of fused-ring (bicyclic) bond motifs is 1. The van der Waals surface area contributed by atoms with E-state index in [0.717, 1.165) is 18.5 Å². The predicted octanol–water partition coefficient (Wildman–Crippen LogP) is 8.18. The average molecular weight is 849 g/mol. The molecule has 0 spiro atoms. The summed E-state index contributed by atoms with van der Waals surface area (Å²) < 4.78 is 89.2. The largest absolute Gasteiger partial charge is 0.444 e. The van der Waals surface area contributed by atoms with Crippen LogP contribution in [0.25, 0.3) is 22.4 Å². The molecule has 2 unspecified atom stereocenters. The number of halogens is 5. The van der Waals surface area contributed by atoms with Gasteiger partial charge in [0.15, 0.2) is 17.0 Å². The Bertz CT molecular complexity index is 2190. The highest BCUT2D eigenvalue weighted by molar-refractivity contribution is 6.12. The van der Waals surface area contributed by atoms with Gasteiger partial charge in [0, 0.05) is 24.2 Å². The summed E-state index contributed by atoms with van der Waals surface area (Å²) in [6.07, 6.45) is -8.05. The van der Waals surface area contributed by atoms with Crippen LogP contribution in [0.1, 0.15) is 92.7 Å². The molecule has 0 radical (unpaired) electrons. The van der Waals surface area contributed by atoms with Gasteiger partial charge in [0.2, 0.25) is 0 Å². The number of alkyl halides is 4. The summed E-state index contributed by atoms with van der Waals surface area (Å²) >= 11 is 0. The minimum atomic E-state index is -3.27. The first-order chi connectivity index (χ1) is 27.8. The molecule has 1 fully saturated rings. The van der Waals surface area contributed by atoms with Gasteiger partial charge in [0.05, 0.1) is 36.0 Å². The van der Waals surface area contributed by atoms with Crippen LogP contribution in [0.15, 0.2) is 43.1 Å². The zero-order chi connectivity index (χ0) is 44.5. The number of carbonyl (C=O) groups excluding carboxylic acids is 3. The number of pyridine rings is 1. The summed E-state index contributed by atoms with van der Waals surface area (Å²) in [6, 6.07) is 4.32. The monoisotopic (exact) mass is 848 g/mol. The molecule has 4 heterocycles. The Labute approximate surface area is 343 Å². The molecule has 2 N–H and O–H groups in total. The molecule has 0 bridgehead atoms. The maximum Gasteiger partial charge on any atom is 0.425 e. The smallest absolute Gasteiger partial charge is 0.425 e. The van der Waals surface area contributed by atoms with Crippen LogP contribution < -0.4 is 15.1 Å². The number of nitrogens with zero attached hydrogens (tertiary/aromatic N) is 7. The highest BCUT2D eigenvalue weighted by atomic mass is 19.3. The summed E-state index contributed by atoms with van der Waals surface area (Å²) in [7, 11) is 0. The number of amides is 3. The minimum absolute atomic E-state index is 0.00702. The molecule has 4 aromatic rings. The van der Waals surface area contributed by atoms with E-state index < -0.39 is 71.0 Å². The molecule has 0 saturated carbocycles. The molecule has 20 heteroatoms. The second-order valence-electron chi connectivity index (χ2n) is 17.4. The van der Waals surface area contributed by atoms with E-state index in [1.54, 1.807) is 67.2 Å². The molecular weight excluding hydrogens is 799 g/mol. The third-order valence-electron chi connectivity index (χ3n) is 9.00. The topological polar surface area (TPSA) is 174 Å². The first kappa shape index (κ1) is 45.4. The Kier molecular flexibility index (Phi) is 13.0. The lowest BCUT2D eigenvalue weighted by atomic mass is 9.83. The number of aliphatic hydroxyl groups is 1. The van der Waals surface area contributed by atoms with Crippen LogP contribution in [-0.2, 0) is 20.8 Å². The number of nitrogens with one attached hydrogen (secondary N) is 1. The van der Waals surface area contributed by atoms with Gasteiger partial charge in [-0.2, -0.15) is 4.90 Å². The van der Waals surface area contributed by atoms with E-state index in [2.05, 4.69) is 25.3 Å². The molecule has 1 aliphatic heterocycles. The number of ether oxygens (including phenoxy) is 3. The van der Waals surface area contributed by atoms with E-state index in [4.69, 9.17) is 14.2 Å². The SMILES string of the molecule is CC(C)(C)OC(=O)NC1(C(O)C(F)F)CCCN(c2cnc(-c3ccc(F)cc3C(F)F)cc2Cn2cnc3c(N(C(=O)OC(C)(C)C)C(=O)OC(C)(C)C)ncnc32)C1. The Balaban J connectivity index is 1.65. The Morgan fingerprint density at radius 2 is 1.53 bits per heavy atom. The number of hydrogen-bond donors (Lipinski definition) is 2. The number of piperidine rings is 1. The van der Waals surface area contributed by atoms with Gasteiger partial charge < -0.3 is 34.1 Å². The van der Waals surface area contributed by atoms with Gasteiger partial charge in [-0.15, -0.1) is 0 Å². The molecule has 1 aliphatic rings. The highest BCUT2D eigenvalue weighted by Crippen LogP contribution is 2.37. The van der Waals surface area contributed by atoms with Crippen LogP contribution in [0, 0.1) is 5.82 Å². The van der Waals surface area contributed by atoms with Gasteiger partial charge in [0.25, 0.3) is 12.9 Å². The summed E-state index contributed by atoms with van der Waals surface area (Å²) in [5, 5.41) is 13.4. The van der Waals surface area contributed by atoms with Crippen molar-refractivity contribution < 1.29 is 55.7 Å². The highest BCUT2D eigenvalue weighted by Gasteiger charge is 2.48. The number of carbonyl (C=O) groups is 3. The summed E-state index contributed by atoms with van der Waals surface area (Å²) in [5.41, 5.74) is -5.02. The second-order valence-corrected chi connectivity index (χ2v) is 17.4. The standard InChI is InChI=1S/C40H49F5N8O7/c1-37(2,3)58-34(55)50-40(29(54)31(44)45)13-10-14-51(19-40)27-17-46-26(24-12-11-23(41)16-25(24)30(42)43)15-22(27)18-52-21-49-28-32(52)47-20-48-33(28)53(35(56)59-38(4,5)6)36(57)60-39(7,8)9/h11-12,15-17,20-21,29-31,54H,10,13-14,18-19H2,1-9H3,(H,50,55). The number of imidazole rings is 1. The third-order valence-corrected chi connectivity index (χ3v) is 9.00. The van der Waals surface area contributed by atoms with Gasteiger partial charge >= 0.3 is 18.3 Å². The molecule has 5 rings (SSSR count). The van der Waals surface area contributed by atoms with Crippen LogP contribution >= 0.6 is 0 Å². The van der Waals surface area contributed by atoms with Crippen molar-refractivity contribution >= 4 is 40.9 Å². The zero-order valence-electron chi connectivity index (χ0n) is 34.7. The van der Waals surface area contributed by atoms with Crippen molar-refractivity contribution in [1.29, 1.82) is 0 Å². The lowest BCUT2D eigenvalue weighted by Gasteiger charge is -2.46. The molecule has 3 aromatic heterocycles. The molecular formula is C40H49F5N8O7. The quantitative estimate of drug-likeness (QED) is 0.122. The van der Waals surface area contributed by atoms with Crippen LogP contribution in [0.5, 0.6) is 0 Å². The van der Waals surface area contributed by atoms with Crippen molar-refractivity contribution in [3.8, 4) is 11.3 Å². The molecule has 2 atom stereocenters. The molecule has 1 saturated heterocycles.